The topological polar surface area (TPSA) is 72.9 Å². The highest BCUT2D eigenvalue weighted by Gasteiger charge is 2.17. The number of amides is 1. The van der Waals surface area contributed by atoms with Crippen molar-refractivity contribution in [2.24, 2.45) is 0 Å². The molecule has 0 bridgehead atoms. The first-order valence-electron chi connectivity index (χ1n) is 5.56. The smallest absolute Gasteiger partial charge is 0.224 e. The SMILES string of the molecule is Nc1cc2c(cc1-n1cc(I)cn1)NC(=O)CC2. The molecule has 0 fully saturated rings. The van der Waals surface area contributed by atoms with Crippen LogP contribution in [0, 0.1) is 3.57 Å². The molecule has 0 aliphatic carbocycles. The summed E-state index contributed by atoms with van der Waals surface area (Å²) in [5, 5.41) is 7.10. The van der Waals surface area contributed by atoms with Gasteiger partial charge >= 0.3 is 0 Å². The van der Waals surface area contributed by atoms with Gasteiger partial charge in [-0.25, -0.2) is 4.68 Å². The Morgan fingerprint density at radius 2 is 2.22 bits per heavy atom. The van der Waals surface area contributed by atoms with Crippen molar-refractivity contribution >= 4 is 39.9 Å². The van der Waals surface area contributed by atoms with Gasteiger partial charge in [-0.05, 0) is 46.7 Å². The minimum atomic E-state index is 0.0493. The second-order valence-corrected chi connectivity index (χ2v) is 5.47. The summed E-state index contributed by atoms with van der Waals surface area (Å²) in [7, 11) is 0. The molecule has 0 saturated carbocycles. The van der Waals surface area contributed by atoms with Crippen LogP contribution in [0.15, 0.2) is 24.5 Å². The molecule has 0 atom stereocenters. The molecular weight excluding hydrogens is 343 g/mol. The first kappa shape index (κ1) is 11.5. The van der Waals surface area contributed by atoms with Gasteiger partial charge in [0.1, 0.15) is 0 Å². The molecule has 5 nitrogen and oxygen atoms in total. The van der Waals surface area contributed by atoms with Crippen LogP contribution in [0.5, 0.6) is 0 Å². The fourth-order valence-electron chi connectivity index (χ4n) is 2.07. The zero-order valence-corrected chi connectivity index (χ0v) is 11.6. The van der Waals surface area contributed by atoms with E-state index in [1.54, 1.807) is 10.9 Å². The molecular formula is C12H11IN4O. The van der Waals surface area contributed by atoms with Crippen LogP contribution in [-0.2, 0) is 11.2 Å². The van der Waals surface area contributed by atoms with Gasteiger partial charge in [-0.3, -0.25) is 4.79 Å². The molecule has 0 spiro atoms. The lowest BCUT2D eigenvalue weighted by Crippen LogP contribution is -2.19. The summed E-state index contributed by atoms with van der Waals surface area (Å²) in [6.45, 7) is 0. The normalized spacial score (nSPS) is 14.2. The van der Waals surface area contributed by atoms with Crippen molar-refractivity contribution in [1.29, 1.82) is 0 Å². The molecule has 3 N–H and O–H groups in total. The Bertz CT molecular complexity index is 635. The van der Waals surface area contributed by atoms with Crippen molar-refractivity contribution in [2.75, 3.05) is 11.1 Å². The first-order valence-corrected chi connectivity index (χ1v) is 6.64. The van der Waals surface area contributed by atoms with Crippen molar-refractivity contribution in [3.8, 4) is 5.69 Å². The number of fused-ring (bicyclic) bond motifs is 1. The van der Waals surface area contributed by atoms with Crippen molar-refractivity contribution in [3.05, 3.63) is 33.7 Å². The lowest BCUT2D eigenvalue weighted by Gasteiger charge is -2.19. The number of nitrogens with one attached hydrogen (secondary N) is 1. The molecule has 1 aromatic heterocycles. The fraction of sp³-hybridized carbons (Fsp3) is 0.167. The summed E-state index contributed by atoms with van der Waals surface area (Å²) in [5.74, 6) is 0.0493. The molecule has 0 radical (unpaired) electrons. The van der Waals surface area contributed by atoms with E-state index in [1.165, 1.54) is 0 Å². The third-order valence-corrected chi connectivity index (χ3v) is 3.50. The van der Waals surface area contributed by atoms with Crippen LogP contribution in [0.4, 0.5) is 11.4 Å². The quantitative estimate of drug-likeness (QED) is 0.607. The summed E-state index contributed by atoms with van der Waals surface area (Å²) in [6.07, 6.45) is 4.91. The Morgan fingerprint density at radius 1 is 1.39 bits per heavy atom. The second-order valence-electron chi connectivity index (χ2n) is 4.22. The van der Waals surface area contributed by atoms with Gasteiger partial charge in [0.15, 0.2) is 0 Å². The third kappa shape index (κ3) is 1.96. The highest BCUT2D eigenvalue weighted by molar-refractivity contribution is 14.1. The van der Waals surface area contributed by atoms with Gasteiger partial charge in [-0.1, -0.05) is 0 Å². The molecule has 0 saturated heterocycles. The Hall–Kier alpha value is -1.57. The van der Waals surface area contributed by atoms with E-state index in [9.17, 15) is 4.79 Å². The fourth-order valence-corrected chi connectivity index (χ4v) is 2.46. The zero-order valence-electron chi connectivity index (χ0n) is 9.48. The van der Waals surface area contributed by atoms with E-state index in [-0.39, 0.29) is 5.91 Å². The van der Waals surface area contributed by atoms with Crippen LogP contribution in [0.25, 0.3) is 5.69 Å². The summed E-state index contributed by atoms with van der Waals surface area (Å²) in [6, 6.07) is 3.80. The maximum atomic E-state index is 11.4. The average molecular weight is 354 g/mol. The van der Waals surface area contributed by atoms with Crippen LogP contribution < -0.4 is 11.1 Å². The summed E-state index contributed by atoms with van der Waals surface area (Å²) in [5.41, 5.74) is 9.42. The molecule has 92 valence electrons. The monoisotopic (exact) mass is 354 g/mol. The maximum Gasteiger partial charge on any atom is 0.224 e. The van der Waals surface area contributed by atoms with E-state index in [0.717, 1.165) is 26.9 Å². The van der Waals surface area contributed by atoms with Crippen molar-refractivity contribution in [3.63, 3.8) is 0 Å². The van der Waals surface area contributed by atoms with Crippen molar-refractivity contribution < 1.29 is 4.79 Å². The molecule has 2 heterocycles. The molecule has 1 aliphatic rings. The van der Waals surface area contributed by atoms with E-state index in [0.29, 0.717) is 12.1 Å². The first-order chi connectivity index (χ1) is 8.63. The van der Waals surface area contributed by atoms with Crippen molar-refractivity contribution in [2.45, 2.75) is 12.8 Å². The van der Waals surface area contributed by atoms with E-state index < -0.39 is 0 Å². The molecule has 6 heteroatoms. The lowest BCUT2D eigenvalue weighted by atomic mass is 10.0. The molecule has 1 aliphatic heterocycles. The van der Waals surface area contributed by atoms with Crippen LogP contribution in [0.2, 0.25) is 0 Å². The van der Waals surface area contributed by atoms with E-state index in [1.807, 2.05) is 18.3 Å². The molecule has 3 rings (SSSR count). The summed E-state index contributed by atoms with van der Waals surface area (Å²) < 4.78 is 2.76. The maximum absolute atomic E-state index is 11.4. The van der Waals surface area contributed by atoms with E-state index in [4.69, 9.17) is 5.73 Å². The highest BCUT2D eigenvalue weighted by atomic mass is 127. The number of nitrogens with two attached hydrogens (primary N) is 1. The molecule has 1 aromatic carbocycles. The number of benzene rings is 1. The second kappa shape index (κ2) is 4.27. The molecule has 18 heavy (non-hydrogen) atoms. The molecule has 0 unspecified atom stereocenters. The van der Waals surface area contributed by atoms with Crippen LogP contribution in [0.3, 0.4) is 0 Å². The number of nitrogen functional groups attached to an aromatic ring is 1. The van der Waals surface area contributed by atoms with Crippen LogP contribution in [0.1, 0.15) is 12.0 Å². The number of rotatable bonds is 1. The predicted molar refractivity (Wildman–Crippen MR) is 77.6 cm³/mol. The Kier molecular flexibility index (Phi) is 2.73. The average Bonchev–Trinajstić information content (AvgIpc) is 2.75. The minimum Gasteiger partial charge on any atom is -0.397 e. The zero-order chi connectivity index (χ0) is 12.7. The van der Waals surface area contributed by atoms with Gasteiger partial charge in [0.05, 0.1) is 21.1 Å². The summed E-state index contributed by atoms with van der Waals surface area (Å²) in [4.78, 5) is 11.4. The summed E-state index contributed by atoms with van der Waals surface area (Å²) >= 11 is 2.19. The standard InChI is InChI=1S/C12H11IN4O/c13-8-5-15-17(6-8)11-4-10-7(3-9(11)14)1-2-12(18)16-10/h3-6H,1-2,14H2,(H,16,18). The van der Waals surface area contributed by atoms with Gasteiger partial charge in [0.2, 0.25) is 5.91 Å². The number of hydrogen-bond donors (Lipinski definition) is 2. The lowest BCUT2D eigenvalue weighted by molar-refractivity contribution is -0.116. The number of aryl methyl sites for hydroxylation is 1. The number of halogens is 1. The van der Waals surface area contributed by atoms with Crippen LogP contribution in [-0.4, -0.2) is 15.7 Å². The predicted octanol–water partition coefficient (Wildman–Crippen LogP) is 1.94. The van der Waals surface area contributed by atoms with Gasteiger partial charge in [-0.2, -0.15) is 5.10 Å². The number of anilines is 2. The van der Waals surface area contributed by atoms with Gasteiger partial charge in [0.25, 0.3) is 0 Å². The highest BCUT2D eigenvalue weighted by Crippen LogP contribution is 2.29. The number of carbonyl (C=O) groups excluding carboxylic acids is 1. The minimum absolute atomic E-state index is 0.0493. The molecule has 1 amide bonds. The number of aromatic nitrogens is 2. The van der Waals surface area contributed by atoms with E-state index in [2.05, 4.69) is 33.0 Å². The van der Waals surface area contributed by atoms with Crippen LogP contribution >= 0.6 is 22.6 Å². The van der Waals surface area contributed by atoms with E-state index >= 15 is 0 Å². The third-order valence-electron chi connectivity index (χ3n) is 2.95. The van der Waals surface area contributed by atoms with Crippen molar-refractivity contribution in [1.82, 2.24) is 9.78 Å². The van der Waals surface area contributed by atoms with Gasteiger partial charge < -0.3 is 11.1 Å². The molecule has 2 aromatic rings. The van der Waals surface area contributed by atoms with Gasteiger partial charge in [0, 0.05) is 18.3 Å². The number of carbonyl (C=O) groups is 1. The number of nitrogens with zero attached hydrogens (tertiary/aromatic N) is 2. The van der Waals surface area contributed by atoms with Gasteiger partial charge in [-0.15, -0.1) is 0 Å². The Morgan fingerprint density at radius 3 is 2.94 bits per heavy atom. The largest absolute Gasteiger partial charge is 0.397 e. The Balaban J connectivity index is 2.11. The Labute approximate surface area is 117 Å². The number of hydrogen-bond acceptors (Lipinski definition) is 3.